The molecule has 0 radical (unpaired) electrons. The number of nitrogens with two attached hydrogens (primary N) is 1. The summed E-state index contributed by atoms with van der Waals surface area (Å²) in [6.07, 6.45) is 2.46. The van der Waals surface area contributed by atoms with Crippen LogP contribution in [0, 0.1) is 0 Å². The van der Waals surface area contributed by atoms with E-state index in [-0.39, 0.29) is 17.4 Å². The number of hydrogen-bond acceptors (Lipinski definition) is 3. The van der Waals surface area contributed by atoms with Gasteiger partial charge in [0.15, 0.2) is 0 Å². The summed E-state index contributed by atoms with van der Waals surface area (Å²) in [4.78, 5) is 24.1. The number of nitrogens with one attached hydrogen (secondary N) is 2. The smallest absolute Gasteiger partial charge is 0.251 e. The Bertz CT molecular complexity index is 510. The van der Waals surface area contributed by atoms with Gasteiger partial charge in [0, 0.05) is 29.8 Å². The summed E-state index contributed by atoms with van der Waals surface area (Å²) < 4.78 is 0. The van der Waals surface area contributed by atoms with Crippen LogP contribution < -0.4 is 16.4 Å². The van der Waals surface area contributed by atoms with Crippen molar-refractivity contribution in [3.05, 3.63) is 35.4 Å². The van der Waals surface area contributed by atoms with Crippen molar-refractivity contribution in [1.82, 2.24) is 10.6 Å². The summed E-state index contributed by atoms with van der Waals surface area (Å²) in [5.74, 6) is -0.367. The highest BCUT2D eigenvalue weighted by Gasteiger charge is 2.21. The number of hydrogen-bond donors (Lipinski definition) is 3. The largest absolute Gasteiger partial charge is 0.352 e. The maximum absolute atomic E-state index is 12.2. The molecule has 0 fully saturated rings. The maximum Gasteiger partial charge on any atom is 0.251 e. The molecule has 0 saturated carbocycles. The second-order valence-electron chi connectivity index (χ2n) is 5.59. The van der Waals surface area contributed by atoms with E-state index in [0.717, 1.165) is 19.3 Å². The third-order valence-corrected chi connectivity index (χ3v) is 3.93. The van der Waals surface area contributed by atoms with Gasteiger partial charge >= 0.3 is 0 Å². The second kappa shape index (κ2) is 8.54. The molecule has 5 heteroatoms. The first-order valence-electron chi connectivity index (χ1n) is 7.91. The Balaban J connectivity index is 2.72. The molecule has 0 unspecified atom stereocenters. The van der Waals surface area contributed by atoms with E-state index in [1.54, 1.807) is 24.3 Å². The van der Waals surface area contributed by atoms with Crippen molar-refractivity contribution in [2.45, 2.75) is 45.6 Å². The van der Waals surface area contributed by atoms with E-state index < -0.39 is 0 Å². The van der Waals surface area contributed by atoms with E-state index in [4.69, 9.17) is 5.73 Å². The third-order valence-electron chi connectivity index (χ3n) is 3.93. The molecule has 0 atom stereocenters. The Morgan fingerprint density at radius 2 is 1.59 bits per heavy atom. The summed E-state index contributed by atoms with van der Waals surface area (Å²) in [6, 6.07) is 6.72. The van der Waals surface area contributed by atoms with Gasteiger partial charge in [-0.1, -0.05) is 26.8 Å². The second-order valence-corrected chi connectivity index (χ2v) is 5.59. The Kier molecular flexibility index (Phi) is 7.05. The van der Waals surface area contributed by atoms with E-state index in [0.29, 0.717) is 24.2 Å². The Hall–Kier alpha value is -1.88. The van der Waals surface area contributed by atoms with Crippen LogP contribution >= 0.6 is 0 Å². The van der Waals surface area contributed by atoms with Crippen molar-refractivity contribution in [2.24, 2.45) is 5.73 Å². The van der Waals surface area contributed by atoms with E-state index >= 15 is 0 Å². The lowest BCUT2D eigenvalue weighted by atomic mass is 9.94. The van der Waals surface area contributed by atoms with Gasteiger partial charge in [-0.2, -0.15) is 0 Å². The fourth-order valence-corrected chi connectivity index (χ4v) is 2.00. The van der Waals surface area contributed by atoms with Crippen LogP contribution in [0.2, 0.25) is 0 Å². The fraction of sp³-hybridized carbons (Fsp3) is 0.529. The predicted molar refractivity (Wildman–Crippen MR) is 88.9 cm³/mol. The number of carbonyl (C=O) groups is 2. The van der Waals surface area contributed by atoms with Crippen LogP contribution in [0.3, 0.4) is 0 Å². The van der Waals surface area contributed by atoms with E-state index in [1.807, 2.05) is 20.8 Å². The zero-order valence-electron chi connectivity index (χ0n) is 13.7. The molecule has 0 heterocycles. The molecule has 1 aromatic carbocycles. The number of benzene rings is 1. The van der Waals surface area contributed by atoms with Gasteiger partial charge in [-0.3, -0.25) is 9.59 Å². The maximum atomic E-state index is 12.2. The SMILES string of the molecule is CCCNC(=O)c1cccc(C(=O)NCC(N)(CC)CC)c1. The van der Waals surface area contributed by atoms with Gasteiger partial charge in [-0.05, 0) is 37.5 Å². The number of amides is 2. The molecule has 0 aromatic heterocycles. The molecule has 0 aliphatic rings. The Labute approximate surface area is 132 Å². The van der Waals surface area contributed by atoms with Crippen molar-refractivity contribution >= 4 is 11.8 Å². The summed E-state index contributed by atoms with van der Waals surface area (Å²) >= 11 is 0. The molecule has 0 spiro atoms. The first-order valence-corrected chi connectivity index (χ1v) is 7.91. The molecule has 1 aromatic rings. The molecule has 122 valence electrons. The van der Waals surface area contributed by atoms with E-state index in [9.17, 15) is 9.59 Å². The minimum Gasteiger partial charge on any atom is -0.352 e. The molecule has 0 aliphatic heterocycles. The lowest BCUT2D eigenvalue weighted by Gasteiger charge is -2.26. The average Bonchev–Trinajstić information content (AvgIpc) is 2.57. The van der Waals surface area contributed by atoms with E-state index in [1.165, 1.54) is 0 Å². The summed E-state index contributed by atoms with van der Waals surface area (Å²) in [6.45, 7) is 7.05. The summed E-state index contributed by atoms with van der Waals surface area (Å²) in [5.41, 5.74) is 6.76. The van der Waals surface area contributed by atoms with Crippen LogP contribution in [0.5, 0.6) is 0 Å². The Morgan fingerprint density at radius 1 is 1.05 bits per heavy atom. The topological polar surface area (TPSA) is 84.2 Å². The zero-order valence-corrected chi connectivity index (χ0v) is 13.7. The van der Waals surface area contributed by atoms with Crippen molar-refractivity contribution < 1.29 is 9.59 Å². The lowest BCUT2D eigenvalue weighted by molar-refractivity contribution is 0.0942. The summed E-state index contributed by atoms with van der Waals surface area (Å²) in [7, 11) is 0. The number of carbonyl (C=O) groups excluding carboxylic acids is 2. The fourth-order valence-electron chi connectivity index (χ4n) is 2.00. The molecular weight excluding hydrogens is 278 g/mol. The van der Waals surface area contributed by atoms with Crippen LogP contribution in [0.15, 0.2) is 24.3 Å². The van der Waals surface area contributed by atoms with Crippen LogP contribution in [-0.4, -0.2) is 30.4 Å². The molecule has 4 N–H and O–H groups in total. The molecular formula is C17H27N3O2. The van der Waals surface area contributed by atoms with Gasteiger partial charge in [-0.15, -0.1) is 0 Å². The minimum atomic E-state index is -0.383. The summed E-state index contributed by atoms with van der Waals surface area (Å²) in [5, 5.41) is 5.65. The van der Waals surface area contributed by atoms with Crippen molar-refractivity contribution in [2.75, 3.05) is 13.1 Å². The molecule has 22 heavy (non-hydrogen) atoms. The van der Waals surface area contributed by atoms with Gasteiger partial charge in [-0.25, -0.2) is 0 Å². The predicted octanol–water partition coefficient (Wildman–Crippen LogP) is 2.07. The van der Waals surface area contributed by atoms with Crippen molar-refractivity contribution in [3.8, 4) is 0 Å². The van der Waals surface area contributed by atoms with Gasteiger partial charge < -0.3 is 16.4 Å². The normalized spacial score (nSPS) is 11.1. The van der Waals surface area contributed by atoms with E-state index in [2.05, 4.69) is 10.6 Å². The first-order chi connectivity index (χ1) is 10.5. The highest BCUT2D eigenvalue weighted by molar-refractivity contribution is 5.99. The van der Waals surface area contributed by atoms with Crippen LogP contribution in [0.1, 0.15) is 60.7 Å². The zero-order chi connectivity index (χ0) is 16.6. The third kappa shape index (κ3) is 5.15. The molecule has 0 saturated heterocycles. The standard InChI is InChI=1S/C17H27N3O2/c1-4-10-19-15(21)13-8-7-9-14(11-13)16(22)20-12-17(18,5-2)6-3/h7-9,11H,4-6,10,12,18H2,1-3H3,(H,19,21)(H,20,22). The highest BCUT2D eigenvalue weighted by Crippen LogP contribution is 2.10. The highest BCUT2D eigenvalue weighted by atomic mass is 16.2. The minimum absolute atomic E-state index is 0.160. The van der Waals surface area contributed by atoms with Gasteiger partial charge in [0.05, 0.1) is 0 Å². The monoisotopic (exact) mass is 305 g/mol. The van der Waals surface area contributed by atoms with Crippen molar-refractivity contribution in [1.29, 1.82) is 0 Å². The molecule has 0 bridgehead atoms. The van der Waals surface area contributed by atoms with Gasteiger partial charge in [0.25, 0.3) is 11.8 Å². The number of rotatable bonds is 8. The molecule has 1 rings (SSSR count). The van der Waals surface area contributed by atoms with Crippen LogP contribution in [-0.2, 0) is 0 Å². The quantitative estimate of drug-likeness (QED) is 0.687. The molecule has 2 amide bonds. The molecule has 0 aliphatic carbocycles. The van der Waals surface area contributed by atoms with Gasteiger partial charge in [0.2, 0.25) is 0 Å². The first kappa shape index (κ1) is 18.2. The lowest BCUT2D eigenvalue weighted by Crippen LogP contribution is -2.49. The molecule has 5 nitrogen and oxygen atoms in total. The van der Waals surface area contributed by atoms with Gasteiger partial charge in [0.1, 0.15) is 0 Å². The van der Waals surface area contributed by atoms with Crippen LogP contribution in [0.25, 0.3) is 0 Å². The Morgan fingerprint density at radius 3 is 2.09 bits per heavy atom. The van der Waals surface area contributed by atoms with Crippen LogP contribution in [0.4, 0.5) is 0 Å². The average molecular weight is 305 g/mol. The van der Waals surface area contributed by atoms with Crippen molar-refractivity contribution in [3.63, 3.8) is 0 Å².